The number of rotatable bonds is 4. The van der Waals surface area contributed by atoms with E-state index in [1.165, 1.54) is 6.92 Å². The standard InChI is InChI=1S/C20H18O4/c1-3-23-20(22)19-17(13(2)21)18(14-9-5-4-6-10-14)15-11-7-8-12-16(15)24-19/h4-12,19H,3H2,1-2H3/t19-/m0/s1. The van der Waals surface area contributed by atoms with E-state index in [9.17, 15) is 9.59 Å². The molecule has 3 rings (SSSR count). The zero-order chi connectivity index (χ0) is 17.1. The third kappa shape index (κ3) is 2.83. The summed E-state index contributed by atoms with van der Waals surface area (Å²) in [5.74, 6) is -0.188. The highest BCUT2D eigenvalue weighted by Gasteiger charge is 2.37. The van der Waals surface area contributed by atoms with Crippen LogP contribution in [-0.4, -0.2) is 24.5 Å². The van der Waals surface area contributed by atoms with E-state index in [-0.39, 0.29) is 12.4 Å². The van der Waals surface area contributed by atoms with Crippen molar-refractivity contribution < 1.29 is 19.1 Å². The van der Waals surface area contributed by atoms with Gasteiger partial charge in [0.15, 0.2) is 5.78 Å². The molecule has 0 unspecified atom stereocenters. The molecule has 0 aliphatic carbocycles. The topological polar surface area (TPSA) is 52.6 Å². The Balaban J connectivity index is 2.27. The summed E-state index contributed by atoms with van der Waals surface area (Å²) in [6.07, 6.45) is -1.05. The summed E-state index contributed by atoms with van der Waals surface area (Å²) in [5.41, 5.74) is 2.73. The van der Waals surface area contributed by atoms with E-state index in [0.717, 1.165) is 16.7 Å². The average Bonchev–Trinajstić information content (AvgIpc) is 2.60. The second-order valence-corrected chi connectivity index (χ2v) is 5.46. The summed E-state index contributed by atoms with van der Waals surface area (Å²) in [6.45, 7) is 3.40. The monoisotopic (exact) mass is 322 g/mol. The highest BCUT2D eigenvalue weighted by Crippen LogP contribution is 2.40. The van der Waals surface area contributed by atoms with Crippen molar-refractivity contribution in [1.29, 1.82) is 0 Å². The number of ether oxygens (including phenoxy) is 2. The van der Waals surface area contributed by atoms with Gasteiger partial charge in [-0.2, -0.15) is 0 Å². The van der Waals surface area contributed by atoms with E-state index < -0.39 is 12.1 Å². The van der Waals surface area contributed by atoms with Crippen molar-refractivity contribution in [2.24, 2.45) is 0 Å². The molecule has 1 aliphatic heterocycles. The lowest BCUT2D eigenvalue weighted by Crippen LogP contribution is -2.37. The number of ketones is 1. The molecule has 1 aliphatic rings. The second kappa shape index (κ2) is 6.71. The number of esters is 1. The van der Waals surface area contributed by atoms with E-state index in [1.807, 2.05) is 48.5 Å². The smallest absolute Gasteiger partial charge is 0.352 e. The van der Waals surface area contributed by atoms with Crippen LogP contribution in [0.2, 0.25) is 0 Å². The minimum atomic E-state index is -1.05. The van der Waals surface area contributed by atoms with Gasteiger partial charge in [-0.1, -0.05) is 48.5 Å². The molecule has 0 spiro atoms. The number of hydrogen-bond acceptors (Lipinski definition) is 4. The molecule has 0 radical (unpaired) electrons. The van der Waals surface area contributed by atoms with Gasteiger partial charge in [0.2, 0.25) is 6.10 Å². The van der Waals surface area contributed by atoms with Crippen molar-refractivity contribution in [3.05, 3.63) is 71.3 Å². The third-order valence-corrected chi connectivity index (χ3v) is 3.88. The Morgan fingerprint density at radius 3 is 2.38 bits per heavy atom. The zero-order valence-electron chi connectivity index (χ0n) is 13.6. The van der Waals surface area contributed by atoms with Gasteiger partial charge in [-0.3, -0.25) is 4.79 Å². The van der Waals surface area contributed by atoms with Crippen molar-refractivity contribution in [2.75, 3.05) is 6.61 Å². The largest absolute Gasteiger partial charge is 0.473 e. The molecule has 4 heteroatoms. The van der Waals surface area contributed by atoms with Gasteiger partial charge in [-0.25, -0.2) is 4.79 Å². The fourth-order valence-corrected chi connectivity index (χ4v) is 2.90. The summed E-state index contributed by atoms with van der Waals surface area (Å²) >= 11 is 0. The SMILES string of the molecule is CCOC(=O)[C@H]1Oc2ccccc2C(c2ccccc2)=C1C(C)=O. The first-order chi connectivity index (χ1) is 11.6. The van der Waals surface area contributed by atoms with Crippen LogP contribution in [-0.2, 0) is 14.3 Å². The molecule has 0 saturated heterocycles. The van der Waals surface area contributed by atoms with Crippen LogP contribution in [0.15, 0.2) is 60.2 Å². The normalized spacial score (nSPS) is 16.2. The molecule has 0 bridgehead atoms. The number of fused-ring (bicyclic) bond motifs is 1. The van der Waals surface area contributed by atoms with Gasteiger partial charge in [0.1, 0.15) is 5.75 Å². The van der Waals surface area contributed by atoms with Gasteiger partial charge in [0.25, 0.3) is 0 Å². The Hall–Kier alpha value is -2.88. The molecule has 0 aromatic heterocycles. The molecule has 0 fully saturated rings. The molecule has 122 valence electrons. The quantitative estimate of drug-likeness (QED) is 0.810. The van der Waals surface area contributed by atoms with Gasteiger partial charge in [0, 0.05) is 11.1 Å². The summed E-state index contributed by atoms with van der Waals surface area (Å²) in [7, 11) is 0. The van der Waals surface area contributed by atoms with Crippen LogP contribution in [0.25, 0.3) is 5.57 Å². The van der Waals surface area contributed by atoms with Crippen LogP contribution >= 0.6 is 0 Å². The highest BCUT2D eigenvalue weighted by molar-refractivity contribution is 6.11. The molecule has 0 saturated carbocycles. The van der Waals surface area contributed by atoms with Crippen LogP contribution in [0.1, 0.15) is 25.0 Å². The van der Waals surface area contributed by atoms with Gasteiger partial charge in [-0.15, -0.1) is 0 Å². The van der Waals surface area contributed by atoms with E-state index in [1.54, 1.807) is 13.0 Å². The third-order valence-electron chi connectivity index (χ3n) is 3.88. The van der Waals surface area contributed by atoms with Crippen molar-refractivity contribution in [3.63, 3.8) is 0 Å². The molecule has 24 heavy (non-hydrogen) atoms. The van der Waals surface area contributed by atoms with Crippen molar-refractivity contribution >= 4 is 17.3 Å². The molecule has 0 N–H and O–H groups in total. The minimum absolute atomic E-state index is 0.207. The van der Waals surface area contributed by atoms with Crippen molar-refractivity contribution in [2.45, 2.75) is 20.0 Å². The zero-order valence-corrected chi connectivity index (χ0v) is 13.6. The number of carbonyl (C=O) groups excluding carboxylic acids is 2. The summed E-state index contributed by atoms with van der Waals surface area (Å²) in [4.78, 5) is 24.7. The second-order valence-electron chi connectivity index (χ2n) is 5.46. The summed E-state index contributed by atoms with van der Waals surface area (Å²) in [6, 6.07) is 16.9. The maximum atomic E-state index is 12.4. The number of para-hydroxylation sites is 1. The fourth-order valence-electron chi connectivity index (χ4n) is 2.90. The van der Waals surface area contributed by atoms with Crippen molar-refractivity contribution in [1.82, 2.24) is 0 Å². The predicted molar refractivity (Wildman–Crippen MR) is 90.6 cm³/mol. The Bertz CT molecular complexity index is 805. The Morgan fingerprint density at radius 2 is 1.71 bits per heavy atom. The lowest BCUT2D eigenvalue weighted by molar-refractivity contribution is -0.150. The van der Waals surface area contributed by atoms with E-state index in [4.69, 9.17) is 9.47 Å². The first-order valence-electron chi connectivity index (χ1n) is 7.86. The number of Topliss-reactive ketones (excluding diaryl/α,β-unsaturated/α-hetero) is 1. The molecular weight excluding hydrogens is 304 g/mol. The minimum Gasteiger partial charge on any atom is -0.473 e. The Morgan fingerprint density at radius 1 is 1.04 bits per heavy atom. The lowest BCUT2D eigenvalue weighted by Gasteiger charge is -2.29. The van der Waals surface area contributed by atoms with Crippen LogP contribution < -0.4 is 4.74 Å². The van der Waals surface area contributed by atoms with E-state index in [0.29, 0.717) is 11.3 Å². The van der Waals surface area contributed by atoms with Gasteiger partial charge in [-0.05, 0) is 25.5 Å². The highest BCUT2D eigenvalue weighted by atomic mass is 16.6. The fraction of sp³-hybridized carbons (Fsp3) is 0.200. The molecule has 1 heterocycles. The number of carbonyl (C=O) groups is 2. The van der Waals surface area contributed by atoms with Crippen LogP contribution in [0.3, 0.4) is 0 Å². The molecule has 2 aromatic rings. The molecule has 1 atom stereocenters. The van der Waals surface area contributed by atoms with E-state index >= 15 is 0 Å². The maximum absolute atomic E-state index is 12.4. The van der Waals surface area contributed by atoms with E-state index in [2.05, 4.69) is 0 Å². The summed E-state index contributed by atoms with van der Waals surface area (Å²) in [5, 5.41) is 0. The van der Waals surface area contributed by atoms with Crippen LogP contribution in [0.5, 0.6) is 5.75 Å². The average molecular weight is 322 g/mol. The van der Waals surface area contributed by atoms with Gasteiger partial charge in [0.05, 0.1) is 12.2 Å². The van der Waals surface area contributed by atoms with Crippen LogP contribution in [0, 0.1) is 0 Å². The molecule has 4 nitrogen and oxygen atoms in total. The molecule has 2 aromatic carbocycles. The molecular formula is C20H18O4. The van der Waals surface area contributed by atoms with Crippen LogP contribution in [0.4, 0.5) is 0 Å². The number of benzene rings is 2. The molecule has 0 amide bonds. The van der Waals surface area contributed by atoms with Gasteiger partial charge >= 0.3 is 5.97 Å². The maximum Gasteiger partial charge on any atom is 0.352 e. The first-order valence-corrected chi connectivity index (χ1v) is 7.86. The van der Waals surface area contributed by atoms with Crippen molar-refractivity contribution in [3.8, 4) is 5.75 Å². The van der Waals surface area contributed by atoms with Gasteiger partial charge < -0.3 is 9.47 Å². The lowest BCUT2D eigenvalue weighted by atomic mass is 9.86. The Labute approximate surface area is 140 Å². The predicted octanol–water partition coefficient (Wildman–Crippen LogP) is 3.40. The summed E-state index contributed by atoms with van der Waals surface area (Å²) < 4.78 is 10.9. The Kier molecular flexibility index (Phi) is 4.47. The first kappa shape index (κ1) is 16.0. The number of hydrogen-bond donors (Lipinski definition) is 0.